The fraction of sp³-hybridized carbons (Fsp3) is 0.579. The van der Waals surface area contributed by atoms with E-state index in [0.29, 0.717) is 5.69 Å². The van der Waals surface area contributed by atoms with E-state index in [0.717, 1.165) is 61.9 Å². The average molecular weight is 355 g/mol. The van der Waals surface area contributed by atoms with Crippen molar-refractivity contribution < 1.29 is 9.21 Å². The van der Waals surface area contributed by atoms with E-state index in [1.807, 2.05) is 12.1 Å². The smallest absolute Gasteiger partial charge is 0.270 e. The first-order valence-corrected chi connectivity index (χ1v) is 9.63. The number of rotatable bonds is 3. The highest BCUT2D eigenvalue weighted by Gasteiger charge is 2.33. The van der Waals surface area contributed by atoms with Gasteiger partial charge in [0, 0.05) is 56.8 Å². The zero-order chi connectivity index (χ0) is 17.5. The molecule has 3 fully saturated rings. The number of furan rings is 1. The Kier molecular flexibility index (Phi) is 4.05. The van der Waals surface area contributed by atoms with Crippen LogP contribution in [0.3, 0.4) is 0 Å². The molecule has 2 aromatic heterocycles. The second kappa shape index (κ2) is 6.55. The molecule has 7 nitrogen and oxygen atoms in total. The molecule has 7 heteroatoms. The predicted molar refractivity (Wildman–Crippen MR) is 99.5 cm³/mol. The van der Waals surface area contributed by atoms with Crippen LogP contribution in [0.15, 0.2) is 22.7 Å². The minimum Gasteiger partial charge on any atom is -0.439 e. The zero-order valence-corrected chi connectivity index (χ0v) is 14.9. The third-order valence-electron chi connectivity index (χ3n) is 5.85. The number of piperazine rings is 1. The number of hydrogen-bond acceptors (Lipinski definition) is 6. The van der Waals surface area contributed by atoms with Crippen LogP contribution in [0.5, 0.6) is 0 Å². The van der Waals surface area contributed by atoms with Gasteiger partial charge in [-0.25, -0.2) is 4.98 Å². The van der Waals surface area contributed by atoms with Crippen molar-refractivity contribution in [2.75, 3.05) is 50.7 Å². The molecule has 3 aliphatic rings. The van der Waals surface area contributed by atoms with E-state index in [9.17, 15) is 4.79 Å². The number of fused-ring (bicyclic) bond motifs is 3. The van der Waals surface area contributed by atoms with E-state index in [1.165, 1.54) is 19.5 Å². The summed E-state index contributed by atoms with van der Waals surface area (Å²) in [5, 5.41) is 7.45. The lowest BCUT2D eigenvalue weighted by Crippen LogP contribution is -2.47. The van der Waals surface area contributed by atoms with Gasteiger partial charge in [0.25, 0.3) is 5.91 Å². The molecule has 138 valence electrons. The number of amides is 1. The molecule has 3 atom stereocenters. The van der Waals surface area contributed by atoms with Crippen LogP contribution in [-0.4, -0.2) is 67.6 Å². The summed E-state index contributed by atoms with van der Waals surface area (Å²) in [7, 11) is 0. The van der Waals surface area contributed by atoms with Crippen molar-refractivity contribution in [2.24, 2.45) is 5.92 Å². The topological polar surface area (TPSA) is 73.6 Å². The molecule has 5 heterocycles. The van der Waals surface area contributed by atoms with Gasteiger partial charge >= 0.3 is 0 Å². The number of anilines is 1. The molecule has 0 aromatic carbocycles. The van der Waals surface area contributed by atoms with Crippen LogP contribution in [0, 0.1) is 5.92 Å². The molecule has 0 radical (unpaired) electrons. The minimum absolute atomic E-state index is 0.0793. The van der Waals surface area contributed by atoms with E-state index in [-0.39, 0.29) is 11.9 Å². The molecule has 26 heavy (non-hydrogen) atoms. The third-order valence-corrected chi connectivity index (χ3v) is 5.85. The molecule has 2 bridgehead atoms. The Morgan fingerprint density at radius 1 is 1.23 bits per heavy atom. The summed E-state index contributed by atoms with van der Waals surface area (Å²) in [6, 6.07) is 4.10. The van der Waals surface area contributed by atoms with Gasteiger partial charge in [-0.15, -0.1) is 0 Å². The Morgan fingerprint density at radius 2 is 2.12 bits per heavy atom. The number of aromatic nitrogens is 1. The quantitative estimate of drug-likeness (QED) is 0.858. The molecule has 0 aliphatic carbocycles. The van der Waals surface area contributed by atoms with Crippen LogP contribution in [-0.2, 0) is 0 Å². The van der Waals surface area contributed by atoms with Crippen LogP contribution >= 0.6 is 0 Å². The summed E-state index contributed by atoms with van der Waals surface area (Å²) in [6.07, 6.45) is 4.02. The fourth-order valence-electron chi connectivity index (χ4n) is 4.52. The first kappa shape index (κ1) is 16.1. The van der Waals surface area contributed by atoms with Crippen molar-refractivity contribution >= 4 is 22.8 Å². The number of nitrogens with one attached hydrogen (secondary N) is 2. The summed E-state index contributed by atoms with van der Waals surface area (Å²) < 4.78 is 5.93. The molecule has 2 aromatic rings. The maximum atomic E-state index is 12.7. The number of nitrogens with zero attached hydrogens (tertiary/aromatic N) is 3. The summed E-state index contributed by atoms with van der Waals surface area (Å²) in [5.74, 6) is 1.52. The normalized spacial score (nSPS) is 28.5. The Morgan fingerprint density at radius 3 is 2.96 bits per heavy atom. The summed E-state index contributed by atoms with van der Waals surface area (Å²) in [6.45, 7) is 7.11. The fourth-order valence-corrected chi connectivity index (χ4v) is 4.52. The monoisotopic (exact) mass is 355 g/mol. The van der Waals surface area contributed by atoms with E-state index >= 15 is 0 Å². The Bertz CT molecular complexity index is 801. The lowest BCUT2D eigenvalue weighted by Gasteiger charge is -2.30. The summed E-state index contributed by atoms with van der Waals surface area (Å²) in [5.41, 5.74) is 1.20. The Hall–Kier alpha value is -2.12. The number of piperidine rings is 1. The molecule has 0 spiro atoms. The van der Waals surface area contributed by atoms with Crippen molar-refractivity contribution in [3.8, 4) is 0 Å². The van der Waals surface area contributed by atoms with Crippen molar-refractivity contribution in [1.82, 2.24) is 20.5 Å². The molecule has 5 rings (SSSR count). The van der Waals surface area contributed by atoms with E-state index < -0.39 is 0 Å². The number of pyridine rings is 1. The molecule has 3 saturated heterocycles. The second-order valence-electron chi connectivity index (χ2n) is 7.75. The van der Waals surface area contributed by atoms with Crippen LogP contribution in [0.25, 0.3) is 11.0 Å². The van der Waals surface area contributed by atoms with Gasteiger partial charge in [-0.2, -0.15) is 0 Å². The zero-order valence-electron chi connectivity index (χ0n) is 14.9. The van der Waals surface area contributed by atoms with Crippen LogP contribution < -0.4 is 15.5 Å². The largest absolute Gasteiger partial charge is 0.439 e. The first-order valence-electron chi connectivity index (χ1n) is 9.63. The summed E-state index contributed by atoms with van der Waals surface area (Å²) in [4.78, 5) is 21.7. The van der Waals surface area contributed by atoms with Gasteiger partial charge in [0.05, 0.1) is 6.20 Å². The van der Waals surface area contributed by atoms with Gasteiger partial charge in [-0.1, -0.05) is 0 Å². The number of carbonyl (C=O) groups is 1. The SMILES string of the molecule is O=C(N[C@@H]1C[C@H]2CCN(C2)C1)c1cc2cc(N3CCNCC3)oc2cn1. The van der Waals surface area contributed by atoms with Crippen molar-refractivity contribution in [1.29, 1.82) is 0 Å². The minimum atomic E-state index is -0.0793. The van der Waals surface area contributed by atoms with Crippen molar-refractivity contribution in [3.63, 3.8) is 0 Å². The van der Waals surface area contributed by atoms with Gasteiger partial charge in [-0.3, -0.25) is 4.79 Å². The third kappa shape index (κ3) is 3.05. The van der Waals surface area contributed by atoms with Gasteiger partial charge in [-0.05, 0) is 31.4 Å². The van der Waals surface area contributed by atoms with Gasteiger partial charge in [0.2, 0.25) is 0 Å². The maximum Gasteiger partial charge on any atom is 0.270 e. The molecule has 0 saturated carbocycles. The highest BCUT2D eigenvalue weighted by Crippen LogP contribution is 2.28. The van der Waals surface area contributed by atoms with E-state index in [1.54, 1.807) is 6.20 Å². The Balaban J connectivity index is 1.31. The van der Waals surface area contributed by atoms with Gasteiger partial charge in [0.1, 0.15) is 5.69 Å². The molecule has 1 amide bonds. The molecule has 3 aliphatic heterocycles. The van der Waals surface area contributed by atoms with E-state index in [4.69, 9.17) is 4.42 Å². The maximum absolute atomic E-state index is 12.7. The first-order chi connectivity index (χ1) is 12.7. The second-order valence-corrected chi connectivity index (χ2v) is 7.75. The lowest BCUT2D eigenvalue weighted by molar-refractivity contribution is 0.0904. The molecule has 2 N–H and O–H groups in total. The van der Waals surface area contributed by atoms with Gasteiger partial charge < -0.3 is 24.9 Å². The average Bonchev–Trinajstić information content (AvgIpc) is 3.24. The molecule has 1 unspecified atom stereocenters. The molecular weight excluding hydrogens is 330 g/mol. The molecular formula is C19H25N5O2. The highest BCUT2D eigenvalue weighted by atomic mass is 16.4. The van der Waals surface area contributed by atoms with Crippen LogP contribution in [0.2, 0.25) is 0 Å². The number of hydrogen-bond donors (Lipinski definition) is 2. The summed E-state index contributed by atoms with van der Waals surface area (Å²) >= 11 is 0. The van der Waals surface area contributed by atoms with Crippen LogP contribution in [0.4, 0.5) is 5.88 Å². The Labute approximate surface area is 152 Å². The van der Waals surface area contributed by atoms with Crippen molar-refractivity contribution in [3.05, 3.63) is 24.0 Å². The number of carbonyl (C=O) groups excluding carboxylic acids is 1. The van der Waals surface area contributed by atoms with Crippen LogP contribution in [0.1, 0.15) is 23.3 Å². The van der Waals surface area contributed by atoms with E-state index in [2.05, 4.69) is 25.4 Å². The predicted octanol–water partition coefficient (Wildman–Crippen LogP) is 1.06. The standard InChI is InChI=1S/C19H25N5O2/c25-19(22-15-7-13-1-4-23(11-13)12-15)16-8-14-9-18(26-17(14)10-21-16)24-5-2-20-3-6-24/h8-10,13,15,20H,1-7,11-12H2,(H,22,25)/t13-,15-/m1/s1. The highest BCUT2D eigenvalue weighted by molar-refractivity contribution is 5.96. The lowest BCUT2D eigenvalue weighted by atomic mass is 9.97. The van der Waals surface area contributed by atoms with Gasteiger partial charge in [0.15, 0.2) is 11.5 Å². The van der Waals surface area contributed by atoms with Crippen molar-refractivity contribution in [2.45, 2.75) is 18.9 Å².